The Morgan fingerprint density at radius 1 is 1.13 bits per heavy atom. The molecule has 1 saturated heterocycles. The van der Waals surface area contributed by atoms with E-state index in [9.17, 15) is 8.42 Å². The predicted octanol–water partition coefficient (Wildman–Crippen LogP) is 3.09. The van der Waals surface area contributed by atoms with Gasteiger partial charge in [0.25, 0.3) is 0 Å². The van der Waals surface area contributed by atoms with Crippen molar-refractivity contribution in [3.63, 3.8) is 0 Å². The Labute approximate surface area is 182 Å². The number of hydrogen-bond donors (Lipinski definition) is 1. The molecule has 0 amide bonds. The number of ether oxygens (including phenoxy) is 1. The van der Waals surface area contributed by atoms with E-state index in [1.165, 1.54) is 23.2 Å². The molecule has 1 aromatic heterocycles. The molecule has 1 saturated carbocycles. The summed E-state index contributed by atoms with van der Waals surface area (Å²) in [7, 11) is -3.29. The summed E-state index contributed by atoms with van der Waals surface area (Å²) >= 11 is 1.54. The molecule has 1 aliphatic carbocycles. The van der Waals surface area contributed by atoms with E-state index in [-0.39, 0.29) is 18.2 Å². The van der Waals surface area contributed by atoms with Gasteiger partial charge in [-0.2, -0.15) is 0 Å². The van der Waals surface area contributed by atoms with Crippen LogP contribution in [-0.4, -0.2) is 56.2 Å². The zero-order valence-electron chi connectivity index (χ0n) is 17.5. The van der Waals surface area contributed by atoms with Crippen molar-refractivity contribution in [2.24, 2.45) is 0 Å². The number of aromatic nitrogens is 2. The molecule has 7 nitrogen and oxygen atoms in total. The summed E-state index contributed by atoms with van der Waals surface area (Å²) < 4.78 is 32.9. The molecule has 164 valence electrons. The summed E-state index contributed by atoms with van der Waals surface area (Å²) in [5, 5.41) is 10.2. The van der Waals surface area contributed by atoms with Gasteiger partial charge in [0.2, 0.25) is 15.2 Å². The summed E-state index contributed by atoms with van der Waals surface area (Å²) in [6, 6.07) is 10.5. The number of nitrogens with one attached hydrogen (secondary N) is 1. The van der Waals surface area contributed by atoms with Crippen LogP contribution in [0.5, 0.6) is 0 Å². The molecule has 0 spiro atoms. The summed E-state index contributed by atoms with van der Waals surface area (Å²) in [6.45, 7) is 3.17. The molecule has 2 atom stereocenters. The highest BCUT2D eigenvalue weighted by Gasteiger charge is 2.38. The van der Waals surface area contributed by atoms with Gasteiger partial charge >= 0.3 is 0 Å². The van der Waals surface area contributed by atoms with E-state index in [0.717, 1.165) is 48.8 Å². The van der Waals surface area contributed by atoms with Gasteiger partial charge < -0.3 is 9.64 Å². The summed E-state index contributed by atoms with van der Waals surface area (Å²) in [6.07, 6.45) is 6.51. The lowest BCUT2D eigenvalue weighted by molar-refractivity contribution is 0.0157. The van der Waals surface area contributed by atoms with Crippen LogP contribution >= 0.6 is 11.3 Å². The standard InChI is InChI=1S/C21H30N4O3S2/c1-15-22-23-21(29-15)25-13-12-19(24-30(2,26)27)20(25)14-28-18-10-8-17(9-11-18)16-6-4-3-5-7-16/h3-7,17-20,24H,8-14H2,1-2H3/t17-,18+,19-,20-/m0/s1. The largest absolute Gasteiger partial charge is 0.376 e. The van der Waals surface area contributed by atoms with Crippen molar-refractivity contribution >= 4 is 26.5 Å². The van der Waals surface area contributed by atoms with E-state index in [0.29, 0.717) is 12.5 Å². The van der Waals surface area contributed by atoms with Crippen LogP contribution < -0.4 is 9.62 Å². The number of benzene rings is 1. The Kier molecular flexibility index (Phi) is 6.72. The molecule has 2 fully saturated rings. The van der Waals surface area contributed by atoms with E-state index < -0.39 is 10.0 Å². The van der Waals surface area contributed by atoms with E-state index in [2.05, 4.69) is 50.2 Å². The molecule has 0 unspecified atom stereocenters. The minimum absolute atomic E-state index is 0.0704. The van der Waals surface area contributed by atoms with Crippen LogP contribution in [0.2, 0.25) is 0 Å². The summed E-state index contributed by atoms with van der Waals surface area (Å²) in [5.41, 5.74) is 1.42. The van der Waals surface area contributed by atoms with Crippen LogP contribution in [0.25, 0.3) is 0 Å². The van der Waals surface area contributed by atoms with Crippen molar-refractivity contribution in [2.75, 3.05) is 24.3 Å². The van der Waals surface area contributed by atoms with Gasteiger partial charge in [-0.15, -0.1) is 10.2 Å². The highest BCUT2D eigenvalue weighted by atomic mass is 32.2. The lowest BCUT2D eigenvalue weighted by Gasteiger charge is -2.32. The van der Waals surface area contributed by atoms with Crippen molar-refractivity contribution in [1.29, 1.82) is 0 Å². The average Bonchev–Trinajstić information content (AvgIpc) is 3.32. The second-order valence-corrected chi connectivity index (χ2v) is 11.3. The van der Waals surface area contributed by atoms with Crippen molar-refractivity contribution in [3.8, 4) is 0 Å². The Bertz CT molecular complexity index is 927. The zero-order valence-corrected chi connectivity index (χ0v) is 19.2. The minimum Gasteiger partial charge on any atom is -0.376 e. The van der Waals surface area contributed by atoms with Crippen molar-refractivity contribution in [1.82, 2.24) is 14.9 Å². The average molecular weight is 451 g/mol. The molecule has 2 heterocycles. The van der Waals surface area contributed by atoms with E-state index in [1.54, 1.807) is 0 Å². The van der Waals surface area contributed by atoms with Gasteiger partial charge in [0.05, 0.1) is 25.0 Å². The van der Waals surface area contributed by atoms with Gasteiger partial charge in [0.1, 0.15) is 5.01 Å². The van der Waals surface area contributed by atoms with Gasteiger partial charge in [-0.05, 0) is 50.5 Å². The van der Waals surface area contributed by atoms with Gasteiger partial charge in [-0.25, -0.2) is 13.1 Å². The first-order valence-corrected chi connectivity index (χ1v) is 13.3. The highest BCUT2D eigenvalue weighted by molar-refractivity contribution is 7.88. The van der Waals surface area contributed by atoms with E-state index in [1.807, 2.05) is 6.92 Å². The first kappa shape index (κ1) is 21.7. The van der Waals surface area contributed by atoms with Crippen LogP contribution in [0.1, 0.15) is 48.6 Å². The Morgan fingerprint density at radius 2 is 1.87 bits per heavy atom. The van der Waals surface area contributed by atoms with Crippen LogP contribution in [-0.2, 0) is 14.8 Å². The smallest absolute Gasteiger partial charge is 0.209 e. The molecule has 4 rings (SSSR count). The van der Waals surface area contributed by atoms with Crippen LogP contribution in [0, 0.1) is 6.92 Å². The number of hydrogen-bond acceptors (Lipinski definition) is 7. The van der Waals surface area contributed by atoms with Gasteiger partial charge in [-0.1, -0.05) is 41.7 Å². The first-order valence-electron chi connectivity index (χ1n) is 10.6. The number of anilines is 1. The van der Waals surface area contributed by atoms with Gasteiger partial charge in [-0.3, -0.25) is 0 Å². The SMILES string of the molecule is Cc1nnc(N2CC[C@H](NS(C)(=O)=O)[C@@H]2CO[C@H]2CC[C@@H](c3ccccc3)CC2)s1. The van der Waals surface area contributed by atoms with Gasteiger partial charge in [0.15, 0.2) is 0 Å². The third kappa shape index (κ3) is 5.38. The molecule has 1 aromatic carbocycles. The van der Waals surface area contributed by atoms with Crippen LogP contribution in [0.4, 0.5) is 5.13 Å². The number of nitrogens with zero attached hydrogens (tertiary/aromatic N) is 3. The van der Waals surface area contributed by atoms with Crippen molar-refractivity contribution in [3.05, 3.63) is 40.9 Å². The molecule has 0 radical (unpaired) electrons. The maximum Gasteiger partial charge on any atom is 0.209 e. The fraction of sp³-hybridized carbons (Fsp3) is 0.619. The lowest BCUT2D eigenvalue weighted by Crippen LogP contribution is -2.48. The molecule has 9 heteroatoms. The van der Waals surface area contributed by atoms with Crippen LogP contribution in [0.3, 0.4) is 0 Å². The second-order valence-electron chi connectivity index (χ2n) is 8.37. The fourth-order valence-electron chi connectivity index (χ4n) is 4.63. The monoisotopic (exact) mass is 450 g/mol. The van der Waals surface area contributed by atoms with Crippen LogP contribution in [0.15, 0.2) is 30.3 Å². The number of rotatable bonds is 7. The molecule has 0 bridgehead atoms. The summed E-state index contributed by atoms with van der Waals surface area (Å²) in [4.78, 5) is 2.16. The van der Waals surface area contributed by atoms with Gasteiger partial charge in [0, 0.05) is 12.6 Å². The third-order valence-electron chi connectivity index (χ3n) is 6.12. The third-order valence-corrected chi connectivity index (χ3v) is 7.73. The fourth-order valence-corrected chi connectivity index (χ4v) is 6.23. The Morgan fingerprint density at radius 3 is 2.50 bits per heavy atom. The second kappa shape index (κ2) is 9.30. The maximum atomic E-state index is 11.9. The summed E-state index contributed by atoms with van der Waals surface area (Å²) in [5.74, 6) is 0.609. The normalized spacial score (nSPS) is 27.5. The first-order chi connectivity index (χ1) is 14.4. The minimum atomic E-state index is -3.29. The maximum absolute atomic E-state index is 11.9. The topological polar surface area (TPSA) is 84.4 Å². The Balaban J connectivity index is 1.37. The lowest BCUT2D eigenvalue weighted by atomic mass is 9.83. The highest BCUT2D eigenvalue weighted by Crippen LogP contribution is 2.35. The van der Waals surface area contributed by atoms with E-state index in [4.69, 9.17) is 4.74 Å². The number of sulfonamides is 1. The molecular weight excluding hydrogens is 420 g/mol. The van der Waals surface area contributed by atoms with E-state index >= 15 is 0 Å². The quantitative estimate of drug-likeness (QED) is 0.698. The Hall–Kier alpha value is -1.55. The van der Waals surface area contributed by atoms with Crippen molar-refractivity contribution in [2.45, 2.75) is 63.1 Å². The van der Waals surface area contributed by atoms with Crippen molar-refractivity contribution < 1.29 is 13.2 Å². The molecule has 2 aromatic rings. The molecule has 2 aliphatic rings. The molecule has 1 aliphatic heterocycles. The molecular formula is C21H30N4O3S2. The molecule has 30 heavy (non-hydrogen) atoms. The predicted molar refractivity (Wildman–Crippen MR) is 120 cm³/mol. The molecule has 1 N–H and O–H groups in total. The zero-order chi connectivity index (χ0) is 21.1. The number of aryl methyl sites for hydroxylation is 1.